The highest BCUT2D eigenvalue weighted by Gasteiger charge is 2.11. The van der Waals surface area contributed by atoms with E-state index in [1.54, 1.807) is 12.1 Å². The molecule has 0 bridgehead atoms. The van der Waals surface area contributed by atoms with Crippen LogP contribution < -0.4 is 0 Å². The van der Waals surface area contributed by atoms with Crippen LogP contribution in [-0.4, -0.2) is 25.6 Å². The van der Waals surface area contributed by atoms with Crippen LogP contribution in [0.4, 0.5) is 0 Å². The maximum Gasteiger partial charge on any atom is 0.335 e. The number of benzene rings is 1. The molecule has 1 aromatic carbocycles. The van der Waals surface area contributed by atoms with Crippen LogP contribution in [-0.2, 0) is 32.2 Å². The van der Waals surface area contributed by atoms with Crippen molar-refractivity contribution in [1.82, 2.24) is 14.5 Å². The smallest absolute Gasteiger partial charge is 0.335 e. The van der Waals surface area contributed by atoms with Gasteiger partial charge in [0.15, 0.2) is 0 Å². The van der Waals surface area contributed by atoms with Gasteiger partial charge >= 0.3 is 5.97 Å². The molecule has 0 aliphatic heterocycles. The van der Waals surface area contributed by atoms with E-state index in [1.165, 1.54) is 11.3 Å². The number of rotatable bonds is 9. The fourth-order valence-electron chi connectivity index (χ4n) is 3.51. The molecule has 0 saturated heterocycles. The average molecular weight is 377 g/mol. The first-order chi connectivity index (χ1) is 13.6. The lowest BCUT2D eigenvalue weighted by atomic mass is 10.1. The predicted octanol–water partition coefficient (Wildman–Crippen LogP) is 4.27. The second kappa shape index (κ2) is 9.31. The zero-order valence-corrected chi connectivity index (χ0v) is 16.6. The molecule has 3 aromatic rings. The maximum atomic E-state index is 11.2. The Kier molecular flexibility index (Phi) is 6.58. The van der Waals surface area contributed by atoms with Crippen LogP contribution in [0.15, 0.2) is 48.7 Å². The van der Waals surface area contributed by atoms with Crippen LogP contribution in [0.2, 0.25) is 0 Å². The van der Waals surface area contributed by atoms with Gasteiger partial charge in [-0.15, -0.1) is 0 Å². The van der Waals surface area contributed by atoms with Gasteiger partial charge in [-0.3, -0.25) is 4.98 Å². The number of carbonyl (C=O) groups is 1. The van der Waals surface area contributed by atoms with Gasteiger partial charge in [0.1, 0.15) is 5.82 Å². The maximum absolute atomic E-state index is 11.2. The minimum Gasteiger partial charge on any atom is -0.478 e. The minimum atomic E-state index is -0.907. The SMILES string of the molecule is CCc1cnc(CCCc2cc(C(=O)O)cc(C)n2)n1CCc1ccccc1. The summed E-state index contributed by atoms with van der Waals surface area (Å²) in [5.41, 5.74) is 4.46. The van der Waals surface area contributed by atoms with Crippen molar-refractivity contribution in [3.8, 4) is 0 Å². The lowest BCUT2D eigenvalue weighted by Gasteiger charge is -2.12. The molecule has 5 heteroatoms. The zero-order chi connectivity index (χ0) is 19.9. The van der Waals surface area contributed by atoms with E-state index in [0.717, 1.165) is 55.9 Å². The molecule has 0 fully saturated rings. The Hall–Kier alpha value is -2.95. The monoisotopic (exact) mass is 377 g/mol. The third kappa shape index (κ3) is 5.06. The lowest BCUT2D eigenvalue weighted by Crippen LogP contribution is -2.10. The summed E-state index contributed by atoms with van der Waals surface area (Å²) in [6, 6.07) is 13.8. The van der Waals surface area contributed by atoms with Crippen molar-refractivity contribution in [3.63, 3.8) is 0 Å². The molecule has 2 aromatic heterocycles. The predicted molar refractivity (Wildman–Crippen MR) is 110 cm³/mol. The van der Waals surface area contributed by atoms with Gasteiger partial charge in [0.25, 0.3) is 0 Å². The molecule has 0 unspecified atom stereocenters. The summed E-state index contributed by atoms with van der Waals surface area (Å²) in [5, 5.41) is 9.22. The molecule has 0 aliphatic rings. The van der Waals surface area contributed by atoms with Gasteiger partial charge in [0.2, 0.25) is 0 Å². The Morgan fingerprint density at radius 1 is 1.11 bits per heavy atom. The molecule has 0 amide bonds. The average Bonchev–Trinajstić information content (AvgIpc) is 3.08. The van der Waals surface area contributed by atoms with Crippen LogP contribution in [0.25, 0.3) is 0 Å². The van der Waals surface area contributed by atoms with Crippen molar-refractivity contribution >= 4 is 5.97 Å². The number of carboxylic acids is 1. The van der Waals surface area contributed by atoms with Gasteiger partial charge < -0.3 is 9.67 Å². The van der Waals surface area contributed by atoms with Crippen LogP contribution in [0, 0.1) is 6.92 Å². The summed E-state index contributed by atoms with van der Waals surface area (Å²) >= 11 is 0. The number of nitrogens with zero attached hydrogens (tertiary/aromatic N) is 3. The topological polar surface area (TPSA) is 68.0 Å². The lowest BCUT2D eigenvalue weighted by molar-refractivity contribution is 0.0696. The standard InChI is InChI=1S/C23H27N3O2/c1-3-21-16-24-22(26(21)13-12-18-8-5-4-6-9-18)11-7-10-20-15-19(23(27)28)14-17(2)25-20/h4-6,8-9,14-16H,3,7,10-13H2,1-2H3,(H,27,28). The first-order valence-corrected chi connectivity index (χ1v) is 9.85. The second-order valence-corrected chi connectivity index (χ2v) is 7.05. The third-order valence-corrected chi connectivity index (χ3v) is 4.94. The molecule has 0 saturated carbocycles. The van der Waals surface area contributed by atoms with E-state index in [4.69, 9.17) is 0 Å². The fourth-order valence-corrected chi connectivity index (χ4v) is 3.51. The quantitative estimate of drug-likeness (QED) is 0.605. The number of aromatic nitrogens is 3. The van der Waals surface area contributed by atoms with Gasteiger partial charge in [-0.25, -0.2) is 9.78 Å². The van der Waals surface area contributed by atoms with Crippen LogP contribution >= 0.6 is 0 Å². The molecule has 28 heavy (non-hydrogen) atoms. The van der Waals surface area contributed by atoms with Crippen LogP contribution in [0.5, 0.6) is 0 Å². The molecule has 0 spiro atoms. The van der Waals surface area contributed by atoms with Crippen molar-refractivity contribution in [2.24, 2.45) is 0 Å². The molecule has 2 heterocycles. The van der Waals surface area contributed by atoms with Gasteiger partial charge in [-0.2, -0.15) is 0 Å². The highest BCUT2D eigenvalue weighted by molar-refractivity contribution is 5.87. The first kappa shape index (κ1) is 19.8. The van der Waals surface area contributed by atoms with Crippen molar-refractivity contribution in [2.75, 3.05) is 0 Å². The third-order valence-electron chi connectivity index (χ3n) is 4.94. The number of aromatic carboxylic acids is 1. The number of pyridine rings is 1. The molecule has 146 valence electrons. The summed E-state index contributed by atoms with van der Waals surface area (Å²) in [7, 11) is 0. The Morgan fingerprint density at radius 2 is 1.89 bits per heavy atom. The molecule has 0 radical (unpaired) electrons. The van der Waals surface area contributed by atoms with E-state index in [2.05, 4.69) is 45.7 Å². The van der Waals surface area contributed by atoms with E-state index in [1.807, 2.05) is 19.2 Å². The van der Waals surface area contributed by atoms with E-state index < -0.39 is 5.97 Å². The zero-order valence-electron chi connectivity index (χ0n) is 16.6. The first-order valence-electron chi connectivity index (χ1n) is 9.85. The van der Waals surface area contributed by atoms with E-state index in [9.17, 15) is 9.90 Å². The number of hydrogen-bond donors (Lipinski definition) is 1. The Bertz CT molecular complexity index is 932. The van der Waals surface area contributed by atoms with E-state index in [0.29, 0.717) is 5.56 Å². The van der Waals surface area contributed by atoms with Crippen molar-refractivity contribution in [2.45, 2.75) is 52.5 Å². The highest BCUT2D eigenvalue weighted by atomic mass is 16.4. The molecule has 3 rings (SSSR count). The van der Waals surface area contributed by atoms with Gasteiger partial charge in [-0.05, 0) is 50.3 Å². The van der Waals surface area contributed by atoms with E-state index in [-0.39, 0.29) is 0 Å². The second-order valence-electron chi connectivity index (χ2n) is 7.05. The summed E-state index contributed by atoms with van der Waals surface area (Å²) in [4.78, 5) is 20.3. The summed E-state index contributed by atoms with van der Waals surface area (Å²) < 4.78 is 2.33. The van der Waals surface area contributed by atoms with Crippen molar-refractivity contribution < 1.29 is 9.90 Å². The highest BCUT2D eigenvalue weighted by Crippen LogP contribution is 2.14. The van der Waals surface area contributed by atoms with Gasteiger partial charge in [0.05, 0.1) is 5.56 Å². The molecule has 0 atom stereocenters. The van der Waals surface area contributed by atoms with Crippen molar-refractivity contribution in [1.29, 1.82) is 0 Å². The molecular weight excluding hydrogens is 350 g/mol. The fraction of sp³-hybridized carbons (Fsp3) is 0.348. The number of aryl methyl sites for hydroxylation is 5. The molecule has 5 nitrogen and oxygen atoms in total. The Morgan fingerprint density at radius 3 is 2.61 bits per heavy atom. The summed E-state index contributed by atoms with van der Waals surface area (Å²) in [6.45, 7) is 4.91. The summed E-state index contributed by atoms with van der Waals surface area (Å²) in [6.07, 6.45) is 6.42. The van der Waals surface area contributed by atoms with Crippen LogP contribution in [0.3, 0.4) is 0 Å². The van der Waals surface area contributed by atoms with E-state index >= 15 is 0 Å². The summed E-state index contributed by atoms with van der Waals surface area (Å²) in [5.74, 6) is 0.190. The Labute approximate surface area is 166 Å². The normalized spacial score (nSPS) is 10.9. The minimum absolute atomic E-state index is 0.306. The molecular formula is C23H27N3O2. The largest absolute Gasteiger partial charge is 0.478 e. The van der Waals surface area contributed by atoms with Gasteiger partial charge in [0, 0.05) is 36.2 Å². The number of carboxylic acid groups (broad SMARTS) is 1. The molecule has 1 N–H and O–H groups in total. The van der Waals surface area contributed by atoms with Crippen LogP contribution in [0.1, 0.15) is 52.2 Å². The van der Waals surface area contributed by atoms with Gasteiger partial charge in [-0.1, -0.05) is 37.3 Å². The number of imidazole rings is 1. The Balaban J connectivity index is 1.64. The van der Waals surface area contributed by atoms with Crippen molar-refractivity contribution in [3.05, 3.63) is 82.7 Å². The molecule has 0 aliphatic carbocycles. The number of hydrogen-bond acceptors (Lipinski definition) is 3.